The molecule has 0 amide bonds. The van der Waals surface area contributed by atoms with Gasteiger partial charge in [-0.15, -0.1) is 6.58 Å². The summed E-state index contributed by atoms with van der Waals surface area (Å²) in [5.74, 6) is 0. The maximum atomic E-state index is 6.33. The second-order valence-corrected chi connectivity index (χ2v) is 6.34. The van der Waals surface area contributed by atoms with Gasteiger partial charge >= 0.3 is 0 Å². The molecule has 0 saturated carbocycles. The average molecular weight is 343 g/mol. The molecule has 3 aromatic rings. The third-order valence-corrected chi connectivity index (χ3v) is 4.23. The monoisotopic (exact) mass is 343 g/mol. The van der Waals surface area contributed by atoms with Crippen LogP contribution in [0.25, 0.3) is 0 Å². The van der Waals surface area contributed by atoms with Crippen molar-refractivity contribution >= 4 is 0 Å². The van der Waals surface area contributed by atoms with Crippen molar-refractivity contribution in [1.82, 2.24) is 5.06 Å². The van der Waals surface area contributed by atoms with Crippen LogP contribution < -0.4 is 0 Å². The zero-order chi connectivity index (χ0) is 18.0. The molecule has 0 radical (unpaired) electrons. The van der Waals surface area contributed by atoms with Gasteiger partial charge in [0.2, 0.25) is 0 Å². The zero-order valence-electron chi connectivity index (χ0n) is 15.0. The SMILES string of the molecule is C=C[C@@H](Cc1ccccc1)ON(Cc1ccccc1)Cc1ccccc1. The van der Waals surface area contributed by atoms with Gasteiger partial charge in [-0.3, -0.25) is 4.84 Å². The molecule has 0 spiro atoms. The first-order chi connectivity index (χ1) is 12.8. The van der Waals surface area contributed by atoms with Crippen LogP contribution in [0.1, 0.15) is 16.7 Å². The van der Waals surface area contributed by atoms with Crippen LogP contribution in [0.3, 0.4) is 0 Å². The molecule has 0 aromatic heterocycles. The Morgan fingerprint density at radius 1 is 0.692 bits per heavy atom. The molecule has 0 unspecified atom stereocenters. The van der Waals surface area contributed by atoms with E-state index in [0.29, 0.717) is 0 Å². The largest absolute Gasteiger partial charge is 0.291 e. The van der Waals surface area contributed by atoms with Crippen molar-refractivity contribution in [3.63, 3.8) is 0 Å². The van der Waals surface area contributed by atoms with E-state index in [2.05, 4.69) is 79.4 Å². The van der Waals surface area contributed by atoms with E-state index in [1.54, 1.807) is 0 Å². The predicted molar refractivity (Wildman–Crippen MR) is 107 cm³/mol. The van der Waals surface area contributed by atoms with Crippen LogP contribution >= 0.6 is 0 Å². The normalized spacial score (nSPS) is 12.0. The van der Waals surface area contributed by atoms with Gasteiger partial charge in [-0.25, -0.2) is 0 Å². The first-order valence-corrected chi connectivity index (χ1v) is 8.99. The van der Waals surface area contributed by atoms with Crippen molar-refractivity contribution in [2.45, 2.75) is 25.6 Å². The van der Waals surface area contributed by atoms with Gasteiger partial charge in [-0.1, -0.05) is 97.1 Å². The van der Waals surface area contributed by atoms with Gasteiger partial charge in [0.15, 0.2) is 0 Å². The van der Waals surface area contributed by atoms with Crippen molar-refractivity contribution in [3.8, 4) is 0 Å². The Balaban J connectivity index is 1.71. The Morgan fingerprint density at radius 2 is 1.12 bits per heavy atom. The Kier molecular flexibility index (Phi) is 6.77. The molecule has 3 rings (SSSR count). The minimum absolute atomic E-state index is 0.0650. The zero-order valence-corrected chi connectivity index (χ0v) is 15.0. The lowest BCUT2D eigenvalue weighted by molar-refractivity contribution is -0.197. The lowest BCUT2D eigenvalue weighted by Crippen LogP contribution is -2.29. The molecule has 2 heteroatoms. The lowest BCUT2D eigenvalue weighted by atomic mass is 10.1. The summed E-state index contributed by atoms with van der Waals surface area (Å²) in [6.45, 7) is 5.43. The van der Waals surface area contributed by atoms with Crippen LogP contribution in [0.15, 0.2) is 104 Å². The quantitative estimate of drug-likeness (QED) is 0.380. The average Bonchev–Trinajstić information content (AvgIpc) is 2.70. The molecule has 26 heavy (non-hydrogen) atoms. The molecule has 0 aliphatic heterocycles. The highest BCUT2D eigenvalue weighted by Crippen LogP contribution is 2.15. The third kappa shape index (κ3) is 5.69. The molecule has 0 aliphatic carbocycles. The molecule has 0 N–H and O–H groups in total. The van der Waals surface area contributed by atoms with Crippen molar-refractivity contribution in [2.24, 2.45) is 0 Å². The lowest BCUT2D eigenvalue weighted by Gasteiger charge is -2.26. The third-order valence-electron chi connectivity index (χ3n) is 4.23. The predicted octanol–water partition coefficient (Wildman–Crippen LogP) is 5.42. The highest BCUT2D eigenvalue weighted by Gasteiger charge is 2.14. The second kappa shape index (κ2) is 9.71. The summed E-state index contributed by atoms with van der Waals surface area (Å²) in [5, 5.41) is 2.03. The second-order valence-electron chi connectivity index (χ2n) is 6.34. The summed E-state index contributed by atoms with van der Waals surface area (Å²) < 4.78 is 0. The number of benzene rings is 3. The van der Waals surface area contributed by atoms with Gasteiger partial charge in [-0.05, 0) is 16.7 Å². The van der Waals surface area contributed by atoms with Crippen LogP contribution in [-0.2, 0) is 24.3 Å². The van der Waals surface area contributed by atoms with E-state index in [4.69, 9.17) is 4.84 Å². The van der Waals surface area contributed by atoms with E-state index in [0.717, 1.165) is 19.5 Å². The summed E-state index contributed by atoms with van der Waals surface area (Å²) in [6, 6.07) is 31.2. The molecule has 0 bridgehead atoms. The minimum atomic E-state index is -0.0650. The number of hydrogen-bond acceptors (Lipinski definition) is 2. The summed E-state index contributed by atoms with van der Waals surface area (Å²) in [6.07, 6.45) is 2.63. The molecular formula is C24H25NO. The smallest absolute Gasteiger partial charge is 0.101 e. The maximum absolute atomic E-state index is 6.33. The summed E-state index contributed by atoms with van der Waals surface area (Å²) in [4.78, 5) is 6.33. The fourth-order valence-electron chi connectivity index (χ4n) is 2.91. The molecule has 3 aromatic carbocycles. The maximum Gasteiger partial charge on any atom is 0.101 e. The molecule has 2 nitrogen and oxygen atoms in total. The first kappa shape index (κ1) is 18.1. The van der Waals surface area contributed by atoms with E-state index in [1.807, 2.05) is 29.3 Å². The molecule has 0 aliphatic rings. The molecule has 1 atom stereocenters. The highest BCUT2D eigenvalue weighted by molar-refractivity contribution is 5.18. The summed E-state index contributed by atoms with van der Waals surface area (Å²) >= 11 is 0. The van der Waals surface area contributed by atoms with E-state index in [1.165, 1.54) is 16.7 Å². The van der Waals surface area contributed by atoms with E-state index < -0.39 is 0 Å². The Hall–Kier alpha value is -2.68. The van der Waals surface area contributed by atoms with Gasteiger partial charge in [0.25, 0.3) is 0 Å². The van der Waals surface area contributed by atoms with Gasteiger partial charge in [0, 0.05) is 19.5 Å². The number of hydroxylamine groups is 2. The van der Waals surface area contributed by atoms with Gasteiger partial charge in [-0.2, -0.15) is 5.06 Å². The molecule has 0 saturated heterocycles. The Labute approximate surface area is 156 Å². The van der Waals surface area contributed by atoms with Crippen LogP contribution in [0.2, 0.25) is 0 Å². The first-order valence-electron chi connectivity index (χ1n) is 8.99. The van der Waals surface area contributed by atoms with Crippen LogP contribution in [0, 0.1) is 0 Å². The van der Waals surface area contributed by atoms with Crippen molar-refractivity contribution in [2.75, 3.05) is 0 Å². The van der Waals surface area contributed by atoms with E-state index in [9.17, 15) is 0 Å². The van der Waals surface area contributed by atoms with E-state index >= 15 is 0 Å². The Morgan fingerprint density at radius 3 is 1.54 bits per heavy atom. The van der Waals surface area contributed by atoms with Crippen molar-refractivity contribution < 1.29 is 4.84 Å². The Bertz CT molecular complexity index is 730. The number of rotatable bonds is 9. The van der Waals surface area contributed by atoms with Crippen LogP contribution in [0.4, 0.5) is 0 Å². The van der Waals surface area contributed by atoms with Gasteiger partial charge in [0.1, 0.15) is 6.10 Å². The molecule has 0 heterocycles. The topological polar surface area (TPSA) is 12.5 Å². The fraction of sp³-hybridized carbons (Fsp3) is 0.167. The highest BCUT2D eigenvalue weighted by atomic mass is 16.7. The summed E-state index contributed by atoms with van der Waals surface area (Å²) in [5.41, 5.74) is 3.70. The van der Waals surface area contributed by atoms with Crippen molar-refractivity contribution in [3.05, 3.63) is 120 Å². The van der Waals surface area contributed by atoms with Gasteiger partial charge in [0.05, 0.1) is 0 Å². The summed E-state index contributed by atoms with van der Waals surface area (Å²) in [7, 11) is 0. The number of nitrogens with zero attached hydrogens (tertiary/aromatic N) is 1. The molecule has 0 fully saturated rings. The van der Waals surface area contributed by atoms with Crippen LogP contribution in [-0.4, -0.2) is 11.2 Å². The minimum Gasteiger partial charge on any atom is -0.291 e. The standard InChI is InChI=1S/C24H25NO/c1-2-24(18-21-12-6-3-7-13-21)26-25(19-22-14-8-4-9-15-22)20-23-16-10-5-11-17-23/h2-17,24H,1,18-20H2/t24-/m0/s1. The molecular weight excluding hydrogens is 318 g/mol. The number of hydrogen-bond donors (Lipinski definition) is 0. The van der Waals surface area contributed by atoms with Crippen molar-refractivity contribution in [1.29, 1.82) is 0 Å². The van der Waals surface area contributed by atoms with Crippen LogP contribution in [0.5, 0.6) is 0 Å². The van der Waals surface area contributed by atoms with Gasteiger partial charge < -0.3 is 0 Å². The molecule has 132 valence electrons. The van der Waals surface area contributed by atoms with E-state index in [-0.39, 0.29) is 6.10 Å². The fourth-order valence-corrected chi connectivity index (χ4v) is 2.91.